The van der Waals surface area contributed by atoms with Crippen molar-refractivity contribution in [3.8, 4) is 0 Å². The monoisotopic (exact) mass is 297 g/mol. The summed E-state index contributed by atoms with van der Waals surface area (Å²) in [6, 6.07) is 9.67. The van der Waals surface area contributed by atoms with Gasteiger partial charge in [-0.05, 0) is 47.8 Å². The van der Waals surface area contributed by atoms with Gasteiger partial charge in [0.25, 0.3) is 5.91 Å². The number of para-hydroxylation sites is 1. The molecule has 2 atom stereocenters. The molecule has 3 aliphatic carbocycles. The molecular weight excluding hydrogens is 274 g/mol. The lowest BCUT2D eigenvalue weighted by molar-refractivity contribution is -0.119. The summed E-state index contributed by atoms with van der Waals surface area (Å²) in [5.74, 6) is 1.27. The number of benzene rings is 1. The highest BCUT2D eigenvalue weighted by atomic mass is 16.2. The fourth-order valence-corrected chi connectivity index (χ4v) is 3.50. The molecule has 4 heteroatoms. The number of anilines is 1. The minimum absolute atomic E-state index is 0.137. The van der Waals surface area contributed by atoms with Crippen LogP contribution in [0.2, 0.25) is 0 Å². The van der Waals surface area contributed by atoms with Crippen LogP contribution in [0.25, 0.3) is 0 Å². The minimum Gasteiger partial charge on any atom is -0.376 e. The molecule has 4 nitrogen and oxygen atoms in total. The van der Waals surface area contributed by atoms with Crippen molar-refractivity contribution >= 4 is 17.8 Å². The number of rotatable bonds is 5. The summed E-state index contributed by atoms with van der Waals surface area (Å²) < 4.78 is 0. The number of carbonyl (C=O) groups is 1. The van der Waals surface area contributed by atoms with Crippen molar-refractivity contribution < 1.29 is 4.79 Å². The number of nitrogens with zero attached hydrogens (tertiary/aromatic N) is 1. The third kappa shape index (κ3) is 2.91. The van der Waals surface area contributed by atoms with Crippen LogP contribution in [0.15, 0.2) is 47.1 Å². The molecule has 3 aliphatic rings. The molecule has 1 amide bonds. The molecular formula is C18H23N3O. The molecule has 1 fully saturated rings. The Hall–Kier alpha value is -2.10. The first-order valence-corrected chi connectivity index (χ1v) is 7.88. The van der Waals surface area contributed by atoms with Crippen molar-refractivity contribution in [2.45, 2.75) is 26.7 Å². The molecule has 0 heterocycles. The highest BCUT2D eigenvalue weighted by Gasteiger charge is 2.50. The van der Waals surface area contributed by atoms with E-state index < -0.39 is 0 Å². The van der Waals surface area contributed by atoms with Gasteiger partial charge in [-0.3, -0.25) is 4.79 Å². The second kappa shape index (κ2) is 5.95. The van der Waals surface area contributed by atoms with Crippen molar-refractivity contribution in [3.05, 3.63) is 42.0 Å². The van der Waals surface area contributed by atoms with Gasteiger partial charge in [0.1, 0.15) is 0 Å². The normalized spacial score (nSPS) is 25.3. The van der Waals surface area contributed by atoms with E-state index in [1.54, 1.807) is 0 Å². The molecule has 0 aromatic heterocycles. The largest absolute Gasteiger partial charge is 0.376 e. The Morgan fingerprint density at radius 3 is 2.82 bits per heavy atom. The molecule has 0 radical (unpaired) electrons. The lowest BCUT2D eigenvalue weighted by atomic mass is 9.49. The van der Waals surface area contributed by atoms with E-state index in [0.29, 0.717) is 11.3 Å². The SMILES string of the molecule is CC1(C)[C@H]2CC=C(/C=N\NC(=O)CNc3ccccc3)[C@@H]1C2. The molecule has 1 saturated carbocycles. The Morgan fingerprint density at radius 2 is 2.14 bits per heavy atom. The number of hydrogen-bond acceptors (Lipinski definition) is 3. The molecule has 116 valence electrons. The molecule has 0 saturated heterocycles. The van der Waals surface area contributed by atoms with Crippen LogP contribution >= 0.6 is 0 Å². The topological polar surface area (TPSA) is 53.5 Å². The van der Waals surface area contributed by atoms with Gasteiger partial charge in [0.2, 0.25) is 0 Å². The molecule has 0 unspecified atom stereocenters. The third-order valence-corrected chi connectivity index (χ3v) is 5.14. The van der Waals surface area contributed by atoms with Crippen molar-refractivity contribution in [1.82, 2.24) is 5.43 Å². The lowest BCUT2D eigenvalue weighted by Crippen LogP contribution is -2.48. The molecule has 0 spiro atoms. The standard InChI is InChI=1S/C18H23N3O/c1-18(2)14-9-8-13(16(18)10-14)11-20-21-17(22)12-19-15-6-4-3-5-7-15/h3-8,11,14,16,19H,9-10,12H2,1-2H3,(H,21,22)/b20-11-/t14-,16-/m0/s1. The molecule has 2 bridgehead atoms. The van der Waals surface area contributed by atoms with Crippen LogP contribution in [0, 0.1) is 17.3 Å². The number of fused-ring (bicyclic) bond motifs is 1. The second-order valence-electron chi connectivity index (χ2n) is 6.76. The van der Waals surface area contributed by atoms with E-state index >= 15 is 0 Å². The zero-order valence-electron chi connectivity index (χ0n) is 13.2. The van der Waals surface area contributed by atoms with E-state index in [4.69, 9.17) is 0 Å². The van der Waals surface area contributed by atoms with Crippen LogP contribution < -0.4 is 10.7 Å². The van der Waals surface area contributed by atoms with Crippen molar-refractivity contribution in [2.75, 3.05) is 11.9 Å². The van der Waals surface area contributed by atoms with E-state index in [1.165, 1.54) is 12.0 Å². The number of carbonyl (C=O) groups excluding carboxylic acids is 1. The second-order valence-corrected chi connectivity index (χ2v) is 6.76. The van der Waals surface area contributed by atoms with Crippen LogP contribution in [0.5, 0.6) is 0 Å². The lowest BCUT2D eigenvalue weighted by Gasteiger charge is -2.55. The Kier molecular flexibility index (Phi) is 4.01. The summed E-state index contributed by atoms with van der Waals surface area (Å²) >= 11 is 0. The van der Waals surface area contributed by atoms with Gasteiger partial charge >= 0.3 is 0 Å². The van der Waals surface area contributed by atoms with E-state index in [0.717, 1.165) is 18.0 Å². The average molecular weight is 297 g/mol. The maximum absolute atomic E-state index is 11.8. The van der Waals surface area contributed by atoms with Gasteiger partial charge < -0.3 is 5.32 Å². The van der Waals surface area contributed by atoms with Crippen LogP contribution in [-0.4, -0.2) is 18.7 Å². The number of nitrogens with one attached hydrogen (secondary N) is 2. The average Bonchev–Trinajstić information content (AvgIpc) is 2.54. The Balaban J connectivity index is 1.46. The van der Waals surface area contributed by atoms with Gasteiger partial charge in [0, 0.05) is 5.69 Å². The Labute approximate surface area is 131 Å². The Bertz CT molecular complexity index is 604. The summed E-state index contributed by atoms with van der Waals surface area (Å²) in [6.45, 7) is 4.88. The number of hydrazone groups is 1. The predicted molar refractivity (Wildman–Crippen MR) is 89.6 cm³/mol. The summed E-state index contributed by atoms with van der Waals surface area (Å²) in [4.78, 5) is 11.8. The molecule has 1 aromatic carbocycles. The highest BCUT2D eigenvalue weighted by Crippen LogP contribution is 2.58. The number of allylic oxidation sites excluding steroid dienone is 2. The van der Waals surface area contributed by atoms with Crippen molar-refractivity contribution in [2.24, 2.45) is 22.4 Å². The van der Waals surface area contributed by atoms with E-state index in [1.807, 2.05) is 36.5 Å². The van der Waals surface area contributed by atoms with E-state index in [-0.39, 0.29) is 12.5 Å². The van der Waals surface area contributed by atoms with Crippen molar-refractivity contribution in [1.29, 1.82) is 0 Å². The summed E-state index contributed by atoms with van der Waals surface area (Å²) in [5, 5.41) is 7.18. The van der Waals surface area contributed by atoms with Gasteiger partial charge in [-0.15, -0.1) is 0 Å². The van der Waals surface area contributed by atoms with Crippen LogP contribution in [0.4, 0.5) is 5.69 Å². The van der Waals surface area contributed by atoms with E-state index in [2.05, 4.69) is 35.8 Å². The van der Waals surface area contributed by atoms with Gasteiger partial charge in [-0.2, -0.15) is 5.10 Å². The fraction of sp³-hybridized carbons (Fsp3) is 0.444. The first-order valence-electron chi connectivity index (χ1n) is 7.88. The van der Waals surface area contributed by atoms with Crippen LogP contribution in [0.1, 0.15) is 26.7 Å². The molecule has 22 heavy (non-hydrogen) atoms. The number of amides is 1. The predicted octanol–water partition coefficient (Wildman–Crippen LogP) is 3.19. The molecule has 1 aromatic rings. The van der Waals surface area contributed by atoms with Gasteiger partial charge in [0.15, 0.2) is 0 Å². The first-order chi connectivity index (χ1) is 10.6. The van der Waals surface area contributed by atoms with Crippen LogP contribution in [0.3, 0.4) is 0 Å². The van der Waals surface area contributed by atoms with Gasteiger partial charge in [-0.25, -0.2) is 5.43 Å². The first kappa shape index (κ1) is 14.8. The van der Waals surface area contributed by atoms with E-state index in [9.17, 15) is 4.79 Å². The zero-order chi connectivity index (χ0) is 15.6. The van der Waals surface area contributed by atoms with Gasteiger partial charge in [-0.1, -0.05) is 38.1 Å². The number of hydrogen-bond donors (Lipinski definition) is 2. The summed E-state index contributed by atoms with van der Waals surface area (Å²) in [5.41, 5.74) is 5.17. The quantitative estimate of drug-likeness (QED) is 0.648. The van der Waals surface area contributed by atoms with Gasteiger partial charge in [0.05, 0.1) is 12.8 Å². The third-order valence-electron chi connectivity index (χ3n) is 5.14. The molecule has 4 rings (SSSR count). The summed E-state index contributed by atoms with van der Waals surface area (Å²) in [7, 11) is 0. The van der Waals surface area contributed by atoms with Crippen molar-refractivity contribution in [3.63, 3.8) is 0 Å². The zero-order valence-corrected chi connectivity index (χ0v) is 13.2. The maximum atomic E-state index is 11.8. The summed E-state index contributed by atoms with van der Waals surface area (Å²) in [6.07, 6.45) is 6.48. The molecule has 0 aliphatic heterocycles. The fourth-order valence-electron chi connectivity index (χ4n) is 3.50. The Morgan fingerprint density at radius 1 is 1.36 bits per heavy atom. The molecule has 2 N–H and O–H groups in total. The van der Waals surface area contributed by atoms with Crippen LogP contribution in [-0.2, 0) is 4.79 Å². The maximum Gasteiger partial charge on any atom is 0.259 e. The highest BCUT2D eigenvalue weighted by molar-refractivity contribution is 5.84. The minimum atomic E-state index is -0.137. The smallest absolute Gasteiger partial charge is 0.259 e.